The summed E-state index contributed by atoms with van der Waals surface area (Å²) in [6.45, 7) is 7.31. The lowest BCUT2D eigenvalue weighted by Crippen LogP contribution is -2.50. The maximum Gasteiger partial charge on any atom is 0.107 e. The number of nitrogens with zero attached hydrogens (tertiary/aromatic N) is 2. The molecule has 1 aliphatic heterocycles. The Hall–Kier alpha value is -0.530. The van der Waals surface area contributed by atoms with Crippen LogP contribution in [0.2, 0.25) is 0 Å². The van der Waals surface area contributed by atoms with Gasteiger partial charge in [0.2, 0.25) is 0 Å². The lowest BCUT2D eigenvalue weighted by atomic mass is 10.1. The van der Waals surface area contributed by atoms with Crippen molar-refractivity contribution in [2.45, 2.75) is 38.3 Å². The van der Waals surface area contributed by atoms with Gasteiger partial charge in [-0.05, 0) is 26.2 Å². The lowest BCUT2D eigenvalue weighted by molar-refractivity contribution is -0.0219. The molecular formula is C15H25N3O2S. The highest BCUT2D eigenvalue weighted by molar-refractivity contribution is 7.11. The van der Waals surface area contributed by atoms with Gasteiger partial charge in [0.05, 0.1) is 24.5 Å². The van der Waals surface area contributed by atoms with Crippen LogP contribution in [-0.4, -0.2) is 60.0 Å². The topological polar surface area (TPSA) is 57.6 Å². The standard InChI is InChI=1S/C15H25N3O2S/c1-15(19,11-18-5-7-20-8-6-18)10-16-9-14-17-12-3-2-4-13(12)21-14/h16,19H,2-11H2,1H3. The smallest absolute Gasteiger partial charge is 0.107 e. The first-order valence-electron chi connectivity index (χ1n) is 7.83. The van der Waals surface area contributed by atoms with E-state index in [1.807, 2.05) is 18.3 Å². The summed E-state index contributed by atoms with van der Waals surface area (Å²) in [5, 5.41) is 15.0. The number of rotatable bonds is 6. The van der Waals surface area contributed by atoms with Crippen LogP contribution in [0.3, 0.4) is 0 Å². The van der Waals surface area contributed by atoms with Crippen molar-refractivity contribution in [1.29, 1.82) is 0 Å². The normalized spacial score (nSPS) is 22.2. The molecule has 6 heteroatoms. The number of aryl methyl sites for hydroxylation is 2. The van der Waals surface area contributed by atoms with Crippen LogP contribution in [-0.2, 0) is 24.1 Å². The molecular weight excluding hydrogens is 286 g/mol. The van der Waals surface area contributed by atoms with Crippen LogP contribution in [0.4, 0.5) is 0 Å². The average molecular weight is 311 g/mol. The molecule has 0 bridgehead atoms. The van der Waals surface area contributed by atoms with E-state index in [0.717, 1.165) is 44.3 Å². The zero-order valence-electron chi connectivity index (χ0n) is 12.7. The Balaban J connectivity index is 1.42. The highest BCUT2D eigenvalue weighted by Gasteiger charge is 2.25. The van der Waals surface area contributed by atoms with Crippen molar-refractivity contribution >= 4 is 11.3 Å². The number of ether oxygens (including phenoxy) is 1. The molecule has 1 aliphatic carbocycles. The van der Waals surface area contributed by atoms with Crippen molar-refractivity contribution in [1.82, 2.24) is 15.2 Å². The zero-order chi connectivity index (χ0) is 14.7. The Bertz CT molecular complexity index is 448. The third-order valence-corrected chi connectivity index (χ3v) is 5.25. The number of fused-ring (bicyclic) bond motifs is 1. The maximum absolute atomic E-state index is 10.5. The minimum atomic E-state index is -0.711. The number of morpholine rings is 1. The molecule has 1 fully saturated rings. The molecule has 2 N–H and O–H groups in total. The van der Waals surface area contributed by atoms with E-state index in [0.29, 0.717) is 13.1 Å². The Morgan fingerprint density at radius 3 is 2.95 bits per heavy atom. The van der Waals surface area contributed by atoms with Gasteiger partial charge in [-0.2, -0.15) is 0 Å². The predicted molar refractivity (Wildman–Crippen MR) is 83.7 cm³/mol. The van der Waals surface area contributed by atoms with Crippen LogP contribution in [0.25, 0.3) is 0 Å². The van der Waals surface area contributed by atoms with Crippen LogP contribution < -0.4 is 5.32 Å². The minimum Gasteiger partial charge on any atom is -0.388 e. The number of β-amino-alcohol motifs (C(OH)–C–C–N with tert-alkyl or cyclic N) is 1. The summed E-state index contributed by atoms with van der Waals surface area (Å²) in [6, 6.07) is 0. The SMILES string of the molecule is CC(O)(CNCc1nc2c(s1)CCC2)CN1CCOCC1. The van der Waals surface area contributed by atoms with Crippen molar-refractivity contribution in [3.05, 3.63) is 15.6 Å². The molecule has 5 nitrogen and oxygen atoms in total. The number of hydrogen-bond donors (Lipinski definition) is 2. The van der Waals surface area contributed by atoms with Gasteiger partial charge in [-0.3, -0.25) is 4.90 Å². The highest BCUT2D eigenvalue weighted by atomic mass is 32.1. The molecule has 0 radical (unpaired) electrons. The summed E-state index contributed by atoms with van der Waals surface area (Å²) in [4.78, 5) is 8.41. The van der Waals surface area contributed by atoms with Crippen LogP contribution >= 0.6 is 11.3 Å². The predicted octanol–water partition coefficient (Wildman–Crippen LogP) is 0.805. The Kier molecular flexibility index (Phi) is 4.91. The van der Waals surface area contributed by atoms with Gasteiger partial charge in [0.15, 0.2) is 0 Å². The fraction of sp³-hybridized carbons (Fsp3) is 0.800. The number of hydrogen-bond acceptors (Lipinski definition) is 6. The number of nitrogens with one attached hydrogen (secondary N) is 1. The molecule has 1 saturated heterocycles. The quantitative estimate of drug-likeness (QED) is 0.814. The summed E-state index contributed by atoms with van der Waals surface area (Å²) < 4.78 is 5.34. The van der Waals surface area contributed by atoms with Crippen LogP contribution in [0.1, 0.15) is 28.9 Å². The summed E-state index contributed by atoms with van der Waals surface area (Å²) in [7, 11) is 0. The number of aliphatic hydroxyl groups is 1. The summed E-state index contributed by atoms with van der Waals surface area (Å²) >= 11 is 1.83. The van der Waals surface area contributed by atoms with Crippen molar-refractivity contribution in [2.75, 3.05) is 39.4 Å². The van der Waals surface area contributed by atoms with Crippen molar-refractivity contribution in [3.63, 3.8) is 0 Å². The Morgan fingerprint density at radius 2 is 2.19 bits per heavy atom. The van der Waals surface area contributed by atoms with Crippen molar-refractivity contribution in [2.24, 2.45) is 0 Å². The van der Waals surface area contributed by atoms with E-state index in [1.165, 1.54) is 23.4 Å². The molecule has 1 unspecified atom stereocenters. The molecule has 21 heavy (non-hydrogen) atoms. The average Bonchev–Trinajstić information content (AvgIpc) is 3.00. The second-order valence-electron chi connectivity index (χ2n) is 6.32. The van der Waals surface area contributed by atoms with E-state index in [2.05, 4.69) is 15.2 Å². The van der Waals surface area contributed by atoms with Crippen molar-refractivity contribution in [3.8, 4) is 0 Å². The third kappa shape index (κ3) is 4.23. The molecule has 2 heterocycles. The third-order valence-electron chi connectivity index (χ3n) is 4.09. The van der Waals surface area contributed by atoms with Gasteiger partial charge in [-0.15, -0.1) is 11.3 Å². The number of aromatic nitrogens is 1. The molecule has 0 saturated carbocycles. The lowest BCUT2D eigenvalue weighted by Gasteiger charge is -2.33. The zero-order valence-corrected chi connectivity index (χ0v) is 13.5. The molecule has 118 valence electrons. The molecule has 0 amide bonds. The van der Waals surface area contributed by atoms with Gasteiger partial charge in [0.25, 0.3) is 0 Å². The van der Waals surface area contributed by atoms with Crippen molar-refractivity contribution < 1.29 is 9.84 Å². The van der Waals surface area contributed by atoms with Crippen LogP contribution in [0.5, 0.6) is 0 Å². The Labute approximate surface area is 130 Å². The molecule has 1 atom stereocenters. The van der Waals surface area contributed by atoms with E-state index in [1.54, 1.807) is 0 Å². The monoisotopic (exact) mass is 311 g/mol. The molecule has 1 aromatic rings. The van der Waals surface area contributed by atoms with Gasteiger partial charge in [0, 0.05) is 37.6 Å². The van der Waals surface area contributed by atoms with Crippen LogP contribution in [0.15, 0.2) is 0 Å². The second kappa shape index (κ2) is 6.71. The fourth-order valence-corrected chi connectivity index (χ4v) is 4.18. The molecule has 0 spiro atoms. The van der Waals surface area contributed by atoms with E-state index in [-0.39, 0.29) is 0 Å². The molecule has 2 aliphatic rings. The first kappa shape index (κ1) is 15.4. The summed E-state index contributed by atoms with van der Waals surface area (Å²) in [5.74, 6) is 0. The fourth-order valence-electron chi connectivity index (χ4n) is 3.06. The molecule has 0 aromatic carbocycles. The first-order chi connectivity index (χ1) is 10.1. The summed E-state index contributed by atoms with van der Waals surface area (Å²) in [5.41, 5.74) is 0.592. The second-order valence-corrected chi connectivity index (χ2v) is 7.49. The highest BCUT2D eigenvalue weighted by Crippen LogP contribution is 2.27. The largest absolute Gasteiger partial charge is 0.388 e. The van der Waals surface area contributed by atoms with Gasteiger partial charge in [-0.1, -0.05) is 0 Å². The van der Waals surface area contributed by atoms with Gasteiger partial charge >= 0.3 is 0 Å². The first-order valence-corrected chi connectivity index (χ1v) is 8.65. The van der Waals surface area contributed by atoms with E-state index < -0.39 is 5.60 Å². The minimum absolute atomic E-state index is 0.592. The van der Waals surface area contributed by atoms with Gasteiger partial charge < -0.3 is 15.2 Å². The van der Waals surface area contributed by atoms with Gasteiger partial charge in [0.1, 0.15) is 5.01 Å². The van der Waals surface area contributed by atoms with E-state index >= 15 is 0 Å². The summed E-state index contributed by atoms with van der Waals surface area (Å²) in [6.07, 6.45) is 3.60. The Morgan fingerprint density at radius 1 is 1.38 bits per heavy atom. The number of thiazole rings is 1. The van der Waals surface area contributed by atoms with E-state index in [9.17, 15) is 5.11 Å². The maximum atomic E-state index is 10.5. The van der Waals surface area contributed by atoms with Crippen LogP contribution in [0, 0.1) is 0 Å². The van der Waals surface area contributed by atoms with E-state index in [4.69, 9.17) is 4.74 Å². The molecule has 3 rings (SSSR count). The van der Waals surface area contributed by atoms with Gasteiger partial charge in [-0.25, -0.2) is 4.98 Å². The molecule has 1 aromatic heterocycles.